The van der Waals surface area contributed by atoms with Gasteiger partial charge in [0.25, 0.3) is 0 Å². The van der Waals surface area contributed by atoms with Gasteiger partial charge in [0.05, 0.1) is 31.6 Å². The molecule has 0 saturated heterocycles. The van der Waals surface area contributed by atoms with Crippen molar-refractivity contribution in [2.45, 2.75) is 20.0 Å². The van der Waals surface area contributed by atoms with Crippen LogP contribution in [0.15, 0.2) is 42.5 Å². The zero-order chi connectivity index (χ0) is 20.1. The van der Waals surface area contributed by atoms with E-state index in [0.29, 0.717) is 18.0 Å². The molecule has 0 spiro atoms. The first-order valence-corrected chi connectivity index (χ1v) is 9.63. The van der Waals surface area contributed by atoms with Crippen LogP contribution < -0.4 is 19.7 Å². The lowest BCUT2D eigenvalue weighted by molar-refractivity contribution is -0.117. The van der Waals surface area contributed by atoms with Crippen LogP contribution in [0.1, 0.15) is 12.5 Å². The Morgan fingerprint density at radius 1 is 1.32 bits per heavy atom. The number of likely N-dealkylation sites (N-methyl/N-ethyl adjacent to an activating group) is 2. The fourth-order valence-electron chi connectivity index (χ4n) is 3.54. The predicted molar refractivity (Wildman–Crippen MR) is 113 cm³/mol. The largest absolute Gasteiger partial charge is 0.495 e. The van der Waals surface area contributed by atoms with E-state index in [-0.39, 0.29) is 18.6 Å². The van der Waals surface area contributed by atoms with Crippen molar-refractivity contribution in [2.24, 2.45) is 0 Å². The SMILES string of the molecule is CCN1CC(CN(C)CC(=O)Nc2cc(C)ccc2OC)Oc2ccccc21. The van der Waals surface area contributed by atoms with E-state index in [0.717, 1.165) is 30.1 Å². The number of nitrogens with zero attached hydrogens (tertiary/aromatic N) is 2. The second-order valence-corrected chi connectivity index (χ2v) is 7.19. The molecule has 1 heterocycles. The maximum Gasteiger partial charge on any atom is 0.238 e. The van der Waals surface area contributed by atoms with Crippen LogP contribution in [0.25, 0.3) is 0 Å². The molecule has 2 aromatic rings. The summed E-state index contributed by atoms with van der Waals surface area (Å²) in [6.07, 6.45) is 0.0150. The van der Waals surface area contributed by atoms with Gasteiger partial charge in [-0.25, -0.2) is 0 Å². The average molecular weight is 383 g/mol. The number of benzene rings is 2. The number of ether oxygens (including phenoxy) is 2. The average Bonchev–Trinajstić information content (AvgIpc) is 2.67. The molecule has 0 fully saturated rings. The number of para-hydroxylation sites is 2. The van der Waals surface area contributed by atoms with E-state index in [9.17, 15) is 4.79 Å². The molecule has 1 amide bonds. The molecule has 3 rings (SSSR count). The summed E-state index contributed by atoms with van der Waals surface area (Å²) < 4.78 is 11.5. The molecular weight excluding hydrogens is 354 g/mol. The molecule has 1 unspecified atom stereocenters. The van der Waals surface area contributed by atoms with E-state index >= 15 is 0 Å². The number of nitrogens with one attached hydrogen (secondary N) is 1. The maximum atomic E-state index is 12.5. The highest BCUT2D eigenvalue weighted by atomic mass is 16.5. The minimum atomic E-state index is -0.0741. The molecule has 1 atom stereocenters. The number of carbonyl (C=O) groups excluding carboxylic acids is 1. The molecule has 150 valence electrons. The van der Waals surface area contributed by atoms with E-state index in [1.54, 1.807) is 7.11 Å². The Morgan fingerprint density at radius 2 is 2.11 bits per heavy atom. The molecule has 28 heavy (non-hydrogen) atoms. The first-order chi connectivity index (χ1) is 13.5. The lowest BCUT2D eigenvalue weighted by Gasteiger charge is -2.37. The minimum absolute atomic E-state index is 0.0150. The third kappa shape index (κ3) is 4.75. The van der Waals surface area contributed by atoms with Crippen molar-refractivity contribution < 1.29 is 14.3 Å². The number of methoxy groups -OCH3 is 1. The maximum absolute atomic E-state index is 12.5. The molecule has 2 aromatic carbocycles. The van der Waals surface area contributed by atoms with Gasteiger partial charge in [-0.3, -0.25) is 9.69 Å². The monoisotopic (exact) mass is 383 g/mol. The summed E-state index contributed by atoms with van der Waals surface area (Å²) in [6, 6.07) is 13.8. The second kappa shape index (κ2) is 8.97. The van der Waals surface area contributed by atoms with Gasteiger partial charge in [0.1, 0.15) is 17.6 Å². The molecule has 0 aliphatic carbocycles. The Morgan fingerprint density at radius 3 is 2.86 bits per heavy atom. The standard InChI is InChI=1S/C22H29N3O3/c1-5-25-14-17(28-21-9-7-6-8-19(21)25)13-24(3)15-22(26)23-18-12-16(2)10-11-20(18)27-4/h6-12,17H,5,13-15H2,1-4H3,(H,23,26). The molecular formula is C22H29N3O3. The summed E-state index contributed by atoms with van der Waals surface area (Å²) in [5.74, 6) is 1.49. The first-order valence-electron chi connectivity index (χ1n) is 9.63. The van der Waals surface area contributed by atoms with E-state index in [1.165, 1.54) is 0 Å². The lowest BCUT2D eigenvalue weighted by Crippen LogP contribution is -2.46. The molecule has 6 heteroatoms. The van der Waals surface area contributed by atoms with Gasteiger partial charge in [0.2, 0.25) is 5.91 Å². The second-order valence-electron chi connectivity index (χ2n) is 7.19. The molecule has 1 N–H and O–H groups in total. The number of anilines is 2. The number of hydrogen-bond donors (Lipinski definition) is 1. The van der Waals surface area contributed by atoms with E-state index < -0.39 is 0 Å². The molecule has 0 radical (unpaired) electrons. The van der Waals surface area contributed by atoms with Crippen molar-refractivity contribution in [2.75, 3.05) is 50.6 Å². The van der Waals surface area contributed by atoms with Crippen molar-refractivity contribution in [3.63, 3.8) is 0 Å². The summed E-state index contributed by atoms with van der Waals surface area (Å²) >= 11 is 0. The van der Waals surface area contributed by atoms with Crippen molar-refractivity contribution in [3.05, 3.63) is 48.0 Å². The van der Waals surface area contributed by atoms with Gasteiger partial charge in [0.15, 0.2) is 0 Å². The fourth-order valence-corrected chi connectivity index (χ4v) is 3.54. The molecule has 6 nitrogen and oxygen atoms in total. The van der Waals surface area contributed by atoms with Crippen LogP contribution in [0.3, 0.4) is 0 Å². The lowest BCUT2D eigenvalue weighted by atomic mass is 10.2. The first kappa shape index (κ1) is 20.0. The van der Waals surface area contributed by atoms with Gasteiger partial charge in [-0.15, -0.1) is 0 Å². The molecule has 0 bridgehead atoms. The van der Waals surface area contributed by atoms with Crippen LogP contribution in [-0.4, -0.2) is 57.2 Å². The third-order valence-corrected chi connectivity index (χ3v) is 4.86. The highest BCUT2D eigenvalue weighted by molar-refractivity contribution is 5.93. The number of hydrogen-bond acceptors (Lipinski definition) is 5. The van der Waals surface area contributed by atoms with Crippen LogP contribution in [0.4, 0.5) is 11.4 Å². The van der Waals surface area contributed by atoms with Crippen LogP contribution in [-0.2, 0) is 4.79 Å². The number of fused-ring (bicyclic) bond motifs is 1. The van der Waals surface area contributed by atoms with Gasteiger partial charge in [-0.2, -0.15) is 0 Å². The van der Waals surface area contributed by atoms with Gasteiger partial charge >= 0.3 is 0 Å². The van der Waals surface area contributed by atoms with E-state index in [2.05, 4.69) is 23.2 Å². The van der Waals surface area contributed by atoms with Crippen LogP contribution in [0.2, 0.25) is 0 Å². The van der Waals surface area contributed by atoms with E-state index in [4.69, 9.17) is 9.47 Å². The summed E-state index contributed by atoms with van der Waals surface area (Å²) in [7, 11) is 3.54. The van der Waals surface area contributed by atoms with Crippen molar-refractivity contribution in [1.82, 2.24) is 4.90 Å². The highest BCUT2D eigenvalue weighted by Gasteiger charge is 2.26. The summed E-state index contributed by atoms with van der Waals surface area (Å²) in [4.78, 5) is 16.8. The Kier molecular flexibility index (Phi) is 6.41. The smallest absolute Gasteiger partial charge is 0.238 e. The summed E-state index contributed by atoms with van der Waals surface area (Å²) in [5, 5.41) is 2.95. The Balaban J connectivity index is 1.58. The van der Waals surface area contributed by atoms with Gasteiger partial charge < -0.3 is 19.7 Å². The zero-order valence-corrected chi connectivity index (χ0v) is 17.1. The van der Waals surface area contributed by atoms with Crippen molar-refractivity contribution in [1.29, 1.82) is 0 Å². The Bertz CT molecular complexity index is 824. The predicted octanol–water partition coefficient (Wildman–Crippen LogP) is 3.16. The molecule has 1 aliphatic heterocycles. The molecule has 1 aliphatic rings. The van der Waals surface area contributed by atoms with E-state index in [1.807, 2.05) is 55.3 Å². The quantitative estimate of drug-likeness (QED) is 0.796. The van der Waals surface area contributed by atoms with Crippen LogP contribution >= 0.6 is 0 Å². The molecule has 0 aromatic heterocycles. The normalized spacial score (nSPS) is 15.8. The number of carbonyl (C=O) groups is 1. The Hall–Kier alpha value is -2.73. The number of amides is 1. The molecule has 0 saturated carbocycles. The number of rotatable bonds is 7. The number of aryl methyl sites for hydroxylation is 1. The zero-order valence-electron chi connectivity index (χ0n) is 17.1. The van der Waals surface area contributed by atoms with Gasteiger partial charge in [0, 0.05) is 13.1 Å². The summed E-state index contributed by atoms with van der Waals surface area (Å²) in [5.41, 5.74) is 2.90. The fraction of sp³-hybridized carbons (Fsp3) is 0.409. The van der Waals surface area contributed by atoms with Gasteiger partial charge in [-0.1, -0.05) is 18.2 Å². The van der Waals surface area contributed by atoms with Crippen molar-refractivity contribution >= 4 is 17.3 Å². The Labute approximate surface area is 167 Å². The van der Waals surface area contributed by atoms with Crippen molar-refractivity contribution in [3.8, 4) is 11.5 Å². The minimum Gasteiger partial charge on any atom is -0.495 e. The van der Waals surface area contributed by atoms with Crippen LogP contribution in [0, 0.1) is 6.92 Å². The third-order valence-electron chi connectivity index (χ3n) is 4.86. The van der Waals surface area contributed by atoms with Gasteiger partial charge in [-0.05, 0) is 50.7 Å². The topological polar surface area (TPSA) is 54.0 Å². The highest BCUT2D eigenvalue weighted by Crippen LogP contribution is 2.32. The van der Waals surface area contributed by atoms with Crippen LogP contribution in [0.5, 0.6) is 11.5 Å². The summed E-state index contributed by atoms with van der Waals surface area (Å²) in [6.45, 7) is 6.82.